The molecule has 0 radical (unpaired) electrons. The minimum Gasteiger partial charge on any atom is -0.493 e. The summed E-state index contributed by atoms with van der Waals surface area (Å²) in [6.45, 7) is 6.72. The maximum Gasteiger partial charge on any atom is 0.363 e. The number of ether oxygens (including phenoxy) is 2. The Labute approximate surface area is 376 Å². The minimum absolute atomic E-state index is 0.0347. The van der Waals surface area contributed by atoms with Gasteiger partial charge in [0.2, 0.25) is 12.3 Å². The molecule has 17 nitrogen and oxygen atoms in total. The Balaban J connectivity index is 1.20. The van der Waals surface area contributed by atoms with Gasteiger partial charge < -0.3 is 34.7 Å². The Morgan fingerprint density at radius 3 is 2.31 bits per heavy atom. The van der Waals surface area contributed by atoms with Gasteiger partial charge in [-0.25, -0.2) is 14.3 Å². The largest absolute Gasteiger partial charge is 0.493 e. The number of amides is 4. The zero-order valence-electron chi connectivity index (χ0n) is 36.8. The summed E-state index contributed by atoms with van der Waals surface area (Å²) in [7, 11) is 0. The van der Waals surface area contributed by atoms with Gasteiger partial charge in [-0.15, -0.1) is 0 Å². The first-order chi connectivity index (χ1) is 31.5. The molecule has 0 unspecified atom stereocenters. The molecule has 0 saturated heterocycles. The van der Waals surface area contributed by atoms with Gasteiger partial charge >= 0.3 is 11.9 Å². The quantitative estimate of drug-likeness (QED) is 0.0192. The molecule has 17 heteroatoms. The number of unbranched alkanes of at least 4 members (excludes halogenated alkanes) is 2. The van der Waals surface area contributed by atoms with E-state index in [0.717, 1.165) is 29.2 Å². The summed E-state index contributed by atoms with van der Waals surface area (Å²) in [5, 5.41) is 13.0. The van der Waals surface area contributed by atoms with Crippen LogP contribution in [0, 0.1) is 5.92 Å². The molecule has 2 aromatic heterocycles. The van der Waals surface area contributed by atoms with Crippen molar-refractivity contribution in [3.05, 3.63) is 126 Å². The Bertz CT molecular complexity index is 2380. The van der Waals surface area contributed by atoms with E-state index >= 15 is 0 Å². The lowest BCUT2D eigenvalue weighted by Crippen LogP contribution is -2.49. The van der Waals surface area contributed by atoms with Crippen LogP contribution in [0.2, 0.25) is 0 Å². The lowest BCUT2D eigenvalue weighted by Gasteiger charge is -2.31. The van der Waals surface area contributed by atoms with Crippen molar-refractivity contribution in [1.29, 1.82) is 0 Å². The number of Topliss-reactive ketones (excluding diaryl/α,β-unsaturated/α-hetero) is 1. The average Bonchev–Trinajstić information content (AvgIpc) is 4.04. The van der Waals surface area contributed by atoms with Gasteiger partial charge in [0.25, 0.3) is 11.8 Å². The molecular formula is C48H54N6O11. The summed E-state index contributed by atoms with van der Waals surface area (Å²) >= 11 is 0. The molecular weight excluding hydrogens is 837 g/mol. The number of esters is 1. The second kappa shape index (κ2) is 24.3. The maximum atomic E-state index is 13.7. The average molecular weight is 891 g/mol. The van der Waals surface area contributed by atoms with Crippen LogP contribution in [0.1, 0.15) is 103 Å². The van der Waals surface area contributed by atoms with E-state index in [1.165, 1.54) is 19.1 Å². The number of hydrogen-bond acceptors (Lipinski definition) is 12. The van der Waals surface area contributed by atoms with Gasteiger partial charge in [-0.1, -0.05) is 69.5 Å². The highest BCUT2D eigenvalue weighted by molar-refractivity contribution is 6.00. The van der Waals surface area contributed by atoms with Gasteiger partial charge in [0, 0.05) is 24.4 Å². The number of hydroxylamine groups is 2. The molecule has 0 spiro atoms. The monoisotopic (exact) mass is 890 g/mol. The number of nitrogens with zero attached hydrogens (tertiary/aromatic N) is 3. The normalized spacial score (nSPS) is 12.2. The molecule has 0 bridgehead atoms. The Morgan fingerprint density at radius 1 is 0.877 bits per heavy atom. The van der Waals surface area contributed by atoms with Crippen molar-refractivity contribution in [2.75, 3.05) is 13.3 Å². The second-order valence-corrected chi connectivity index (χ2v) is 15.0. The van der Waals surface area contributed by atoms with Crippen molar-refractivity contribution in [3.8, 4) is 22.8 Å². The highest BCUT2D eigenvalue weighted by Gasteiger charge is 2.34. The van der Waals surface area contributed by atoms with Crippen LogP contribution in [0.15, 0.2) is 108 Å². The van der Waals surface area contributed by atoms with E-state index in [1.54, 1.807) is 104 Å². The number of rotatable bonds is 25. The summed E-state index contributed by atoms with van der Waals surface area (Å²) < 4.78 is 18.7. The number of carbonyl (C=O) groups excluding carboxylic acids is 7. The fraction of sp³-hybridized carbons (Fsp3) is 0.333. The van der Waals surface area contributed by atoms with Crippen molar-refractivity contribution in [2.24, 2.45) is 5.92 Å². The number of benzene rings is 3. The van der Waals surface area contributed by atoms with E-state index in [2.05, 4.69) is 21.0 Å². The molecule has 0 aliphatic heterocycles. The fourth-order valence-corrected chi connectivity index (χ4v) is 6.97. The molecule has 5 rings (SSSR count). The Kier molecular flexibility index (Phi) is 18.1. The molecule has 4 amide bonds. The maximum absolute atomic E-state index is 13.7. The summed E-state index contributed by atoms with van der Waals surface area (Å²) in [5.41, 5.74) is 2.22. The van der Waals surface area contributed by atoms with Crippen LogP contribution in [0.3, 0.4) is 0 Å². The molecule has 2 heterocycles. The number of carbonyl (C=O) groups is 7. The third-order valence-corrected chi connectivity index (χ3v) is 10.3. The van der Waals surface area contributed by atoms with Gasteiger partial charge in [0.15, 0.2) is 5.76 Å². The summed E-state index contributed by atoms with van der Waals surface area (Å²) in [6.07, 6.45) is 6.56. The molecule has 0 aliphatic carbocycles. The van der Waals surface area contributed by atoms with Gasteiger partial charge in [0.05, 0.1) is 42.0 Å². The van der Waals surface area contributed by atoms with Crippen LogP contribution < -0.4 is 20.7 Å². The number of ketones is 1. The Morgan fingerprint density at radius 2 is 1.65 bits per heavy atom. The van der Waals surface area contributed by atoms with Gasteiger partial charge in [-0.05, 0) is 86.8 Å². The summed E-state index contributed by atoms with van der Waals surface area (Å²) in [5.74, 6) is -4.05. The molecule has 3 atom stereocenters. The van der Waals surface area contributed by atoms with Crippen molar-refractivity contribution in [3.63, 3.8) is 0 Å². The van der Waals surface area contributed by atoms with Gasteiger partial charge in [-0.2, -0.15) is 10.2 Å². The number of hydrogen-bond donors (Lipinski definition) is 3. The van der Waals surface area contributed by atoms with Crippen molar-refractivity contribution < 1.29 is 52.3 Å². The van der Waals surface area contributed by atoms with Crippen LogP contribution in [0.5, 0.6) is 5.75 Å². The predicted molar refractivity (Wildman–Crippen MR) is 237 cm³/mol. The predicted octanol–water partition coefficient (Wildman–Crippen LogP) is 6.36. The van der Waals surface area contributed by atoms with Crippen LogP contribution in [-0.4, -0.2) is 82.1 Å². The highest BCUT2D eigenvalue weighted by atomic mass is 16.7. The SMILES string of the molecule is CCCCC[C@@H](C(=O)NCNC(=O)c1ccc(-c2ccc(C(=O)N[C@@H](CC(C)=O)C(=O)OCc3ccccc3)c(OCC)c2)o1)[C@@H](CC)N(C=O)OC(=O)c1ccc(-n2cccn2)cc1. The zero-order chi connectivity index (χ0) is 46.7. The molecule has 65 heavy (non-hydrogen) atoms. The molecule has 342 valence electrons. The van der Waals surface area contributed by atoms with Crippen LogP contribution >= 0.6 is 0 Å². The number of furan rings is 1. The van der Waals surface area contributed by atoms with E-state index in [4.69, 9.17) is 18.7 Å². The van der Waals surface area contributed by atoms with Gasteiger partial charge in [0.1, 0.15) is 29.9 Å². The minimum atomic E-state index is -1.24. The number of aromatic nitrogens is 2. The fourth-order valence-electron chi connectivity index (χ4n) is 6.97. The third-order valence-electron chi connectivity index (χ3n) is 10.3. The smallest absolute Gasteiger partial charge is 0.363 e. The first kappa shape index (κ1) is 48.5. The second-order valence-electron chi connectivity index (χ2n) is 15.0. The van der Waals surface area contributed by atoms with Crippen LogP contribution in [0.25, 0.3) is 17.0 Å². The molecule has 3 aromatic carbocycles. The molecule has 0 fully saturated rings. The standard InChI is InChI=1S/C48H54N6O11/c1-5-8-10-16-37(40(6-2)54(31-55)65-47(60)34-17-20-36(21-18-34)53-26-13-25-51-53)44(57)49-30-50-46(59)42-24-23-41(64-42)35-19-22-38(43(28-35)62-7-3)45(58)52-39(27-32(4)56)48(61)63-29-33-14-11-9-12-15-33/h9,11-15,17-26,28,31,37,39-40H,5-8,10,16,27,29-30H2,1-4H3,(H,49,57)(H,50,59)(H,52,58)/t37-,39+,40-/m1/s1. The molecule has 0 saturated carbocycles. The van der Waals surface area contributed by atoms with E-state index in [0.29, 0.717) is 24.8 Å². The van der Waals surface area contributed by atoms with Crippen molar-refractivity contribution in [1.82, 2.24) is 30.8 Å². The highest BCUT2D eigenvalue weighted by Crippen LogP contribution is 2.30. The first-order valence-electron chi connectivity index (χ1n) is 21.5. The lowest BCUT2D eigenvalue weighted by atomic mass is 9.90. The van der Waals surface area contributed by atoms with Crippen molar-refractivity contribution in [2.45, 2.75) is 84.9 Å². The summed E-state index contributed by atoms with van der Waals surface area (Å²) in [6, 6.07) is 22.8. The molecule has 0 aliphatic rings. The third kappa shape index (κ3) is 13.7. The van der Waals surface area contributed by atoms with Gasteiger partial charge in [-0.3, -0.25) is 24.0 Å². The van der Waals surface area contributed by atoms with E-state index in [9.17, 15) is 33.6 Å². The topological polar surface area (TPSA) is 217 Å². The van der Waals surface area contributed by atoms with Crippen molar-refractivity contribution >= 4 is 41.9 Å². The number of nitrogens with one attached hydrogen (secondary N) is 3. The van der Waals surface area contributed by atoms with E-state index < -0.39 is 47.7 Å². The lowest BCUT2D eigenvalue weighted by molar-refractivity contribution is -0.171. The zero-order valence-corrected chi connectivity index (χ0v) is 36.8. The van der Waals surface area contributed by atoms with Crippen LogP contribution in [0.4, 0.5) is 0 Å². The molecule has 5 aromatic rings. The first-order valence-corrected chi connectivity index (χ1v) is 21.5. The van der Waals surface area contributed by atoms with E-state index in [-0.39, 0.29) is 66.9 Å². The Hall–Kier alpha value is -7.56. The van der Waals surface area contributed by atoms with E-state index in [1.807, 2.05) is 13.0 Å². The van der Waals surface area contributed by atoms with Crippen LogP contribution in [-0.2, 0) is 35.4 Å². The summed E-state index contributed by atoms with van der Waals surface area (Å²) in [4.78, 5) is 96.4. The molecule has 3 N–H and O–H groups in total.